The molecule has 2 aliphatic rings. The Hall–Kier alpha value is -1.87. The molecule has 1 aliphatic carbocycles. The number of ether oxygens (including phenoxy) is 1. The van der Waals surface area contributed by atoms with Crippen molar-refractivity contribution >= 4 is 28.4 Å². The Kier molecular flexibility index (Phi) is 5.29. The summed E-state index contributed by atoms with van der Waals surface area (Å²) in [6.07, 6.45) is 4.27. The number of thiazole rings is 1. The number of hydrogen-bond acceptors (Lipinski definition) is 6. The van der Waals surface area contributed by atoms with Gasteiger partial charge in [-0.05, 0) is 12.8 Å². The van der Waals surface area contributed by atoms with Gasteiger partial charge in [-0.3, -0.25) is 10.2 Å². The van der Waals surface area contributed by atoms with E-state index in [0.717, 1.165) is 43.9 Å². The molecule has 126 valence electrons. The van der Waals surface area contributed by atoms with Gasteiger partial charge >= 0.3 is 6.03 Å². The Morgan fingerprint density at radius 1 is 1.22 bits per heavy atom. The molecule has 23 heavy (non-hydrogen) atoms. The zero-order chi connectivity index (χ0) is 16.1. The highest BCUT2D eigenvalue weighted by Gasteiger charge is 2.19. The molecule has 0 spiro atoms. The first-order valence-electron chi connectivity index (χ1n) is 7.87. The normalized spacial score (nSPS) is 18.7. The third-order valence-corrected chi connectivity index (χ3v) is 4.89. The lowest BCUT2D eigenvalue weighted by Gasteiger charge is -2.25. The molecule has 3 N–H and O–H groups in total. The average Bonchev–Trinajstić information content (AvgIpc) is 3.25. The highest BCUT2D eigenvalue weighted by molar-refractivity contribution is 7.13. The number of anilines is 1. The SMILES string of the molecule is O=C(NNC(=O)c1csc(N2CCOCC2)n1)NC1CCCC1. The summed E-state index contributed by atoms with van der Waals surface area (Å²) in [4.78, 5) is 30.1. The lowest BCUT2D eigenvalue weighted by molar-refractivity contribution is 0.0931. The number of urea groups is 1. The van der Waals surface area contributed by atoms with Crippen molar-refractivity contribution in [2.75, 3.05) is 31.2 Å². The number of nitrogens with zero attached hydrogens (tertiary/aromatic N) is 2. The molecule has 0 aromatic carbocycles. The fourth-order valence-electron chi connectivity index (χ4n) is 2.74. The summed E-state index contributed by atoms with van der Waals surface area (Å²) in [5.74, 6) is -0.415. The second-order valence-electron chi connectivity index (χ2n) is 5.65. The van der Waals surface area contributed by atoms with Crippen LogP contribution < -0.4 is 21.1 Å². The second kappa shape index (κ2) is 7.60. The van der Waals surface area contributed by atoms with Gasteiger partial charge in [0.1, 0.15) is 5.69 Å². The van der Waals surface area contributed by atoms with Crippen molar-refractivity contribution in [2.24, 2.45) is 0 Å². The molecule has 0 atom stereocenters. The van der Waals surface area contributed by atoms with Gasteiger partial charge in [0.2, 0.25) is 0 Å². The van der Waals surface area contributed by atoms with Crippen molar-refractivity contribution in [3.63, 3.8) is 0 Å². The van der Waals surface area contributed by atoms with Gasteiger partial charge in [-0.1, -0.05) is 12.8 Å². The summed E-state index contributed by atoms with van der Waals surface area (Å²) in [6, 6.07) is -0.173. The van der Waals surface area contributed by atoms with E-state index in [2.05, 4.69) is 26.1 Å². The van der Waals surface area contributed by atoms with Crippen LogP contribution in [0.2, 0.25) is 0 Å². The van der Waals surface area contributed by atoms with Gasteiger partial charge in [0, 0.05) is 24.5 Å². The number of amides is 3. The zero-order valence-electron chi connectivity index (χ0n) is 12.8. The van der Waals surface area contributed by atoms with Gasteiger partial charge in [-0.15, -0.1) is 11.3 Å². The fourth-order valence-corrected chi connectivity index (χ4v) is 3.60. The van der Waals surface area contributed by atoms with Crippen LogP contribution in [0.25, 0.3) is 0 Å². The van der Waals surface area contributed by atoms with Crippen molar-refractivity contribution in [2.45, 2.75) is 31.7 Å². The lowest BCUT2D eigenvalue weighted by atomic mass is 10.3. The first-order valence-corrected chi connectivity index (χ1v) is 8.75. The van der Waals surface area contributed by atoms with Crippen LogP contribution in [-0.2, 0) is 4.74 Å². The van der Waals surface area contributed by atoms with E-state index < -0.39 is 5.91 Å². The molecular weight excluding hydrogens is 318 g/mol. The maximum absolute atomic E-state index is 12.0. The standard InChI is InChI=1S/C14H21N5O3S/c20-12(17-18-13(21)15-10-3-1-2-4-10)11-9-23-14(16-11)19-5-7-22-8-6-19/h9-10H,1-8H2,(H,17,20)(H2,15,18,21). The maximum atomic E-state index is 12.0. The number of rotatable bonds is 3. The van der Waals surface area contributed by atoms with Gasteiger partial charge in [-0.25, -0.2) is 15.2 Å². The molecule has 0 unspecified atom stereocenters. The third kappa shape index (κ3) is 4.32. The fraction of sp³-hybridized carbons (Fsp3) is 0.643. The van der Waals surface area contributed by atoms with Crippen molar-refractivity contribution < 1.29 is 14.3 Å². The summed E-state index contributed by atoms with van der Waals surface area (Å²) >= 11 is 1.41. The Balaban J connectivity index is 1.46. The molecular formula is C14H21N5O3S. The van der Waals surface area contributed by atoms with E-state index in [1.54, 1.807) is 5.38 Å². The van der Waals surface area contributed by atoms with Crippen LogP contribution in [0.4, 0.5) is 9.93 Å². The molecule has 1 aromatic rings. The van der Waals surface area contributed by atoms with Crippen LogP contribution in [0, 0.1) is 0 Å². The molecule has 0 bridgehead atoms. The Morgan fingerprint density at radius 3 is 2.70 bits per heavy atom. The molecule has 2 heterocycles. The summed E-state index contributed by atoms with van der Waals surface area (Å²) in [5, 5.41) is 5.33. The third-order valence-electron chi connectivity index (χ3n) is 3.99. The van der Waals surface area contributed by atoms with E-state index in [4.69, 9.17) is 4.74 Å². The molecule has 1 aromatic heterocycles. The molecule has 3 rings (SSSR count). The van der Waals surface area contributed by atoms with Crippen LogP contribution in [-0.4, -0.2) is 49.3 Å². The molecule has 0 radical (unpaired) electrons. The quantitative estimate of drug-likeness (QED) is 0.710. The van der Waals surface area contributed by atoms with E-state index in [0.29, 0.717) is 18.9 Å². The summed E-state index contributed by atoms with van der Waals surface area (Å²) in [5.41, 5.74) is 5.07. The van der Waals surface area contributed by atoms with Crippen LogP contribution in [0.15, 0.2) is 5.38 Å². The van der Waals surface area contributed by atoms with E-state index >= 15 is 0 Å². The predicted molar refractivity (Wildman–Crippen MR) is 86.5 cm³/mol. The number of hydrazine groups is 1. The summed E-state index contributed by atoms with van der Waals surface area (Å²) in [6.45, 7) is 2.89. The molecule has 1 aliphatic heterocycles. The molecule has 8 nitrogen and oxygen atoms in total. The number of hydrogen-bond donors (Lipinski definition) is 3. The van der Waals surface area contributed by atoms with Crippen molar-refractivity contribution in [1.29, 1.82) is 0 Å². The van der Waals surface area contributed by atoms with E-state index in [1.165, 1.54) is 11.3 Å². The van der Waals surface area contributed by atoms with Crippen LogP contribution >= 0.6 is 11.3 Å². The molecule has 3 amide bonds. The first kappa shape index (κ1) is 16.0. The molecule has 1 saturated heterocycles. The number of aromatic nitrogens is 1. The van der Waals surface area contributed by atoms with Crippen LogP contribution in [0.5, 0.6) is 0 Å². The number of morpholine rings is 1. The van der Waals surface area contributed by atoms with E-state index in [9.17, 15) is 9.59 Å². The maximum Gasteiger partial charge on any atom is 0.333 e. The Labute approximate surface area is 138 Å². The van der Waals surface area contributed by atoms with E-state index in [1.807, 2.05) is 0 Å². The van der Waals surface area contributed by atoms with Crippen LogP contribution in [0.1, 0.15) is 36.2 Å². The van der Waals surface area contributed by atoms with Gasteiger partial charge in [0.25, 0.3) is 5.91 Å². The van der Waals surface area contributed by atoms with Crippen molar-refractivity contribution in [3.8, 4) is 0 Å². The summed E-state index contributed by atoms with van der Waals surface area (Å²) < 4.78 is 5.30. The Morgan fingerprint density at radius 2 is 1.96 bits per heavy atom. The molecule has 9 heteroatoms. The van der Waals surface area contributed by atoms with Gasteiger partial charge < -0.3 is 15.0 Å². The van der Waals surface area contributed by atoms with Gasteiger partial charge in [0.15, 0.2) is 5.13 Å². The minimum Gasteiger partial charge on any atom is -0.378 e. The highest BCUT2D eigenvalue weighted by Crippen LogP contribution is 2.21. The van der Waals surface area contributed by atoms with Crippen molar-refractivity contribution in [1.82, 2.24) is 21.2 Å². The largest absolute Gasteiger partial charge is 0.378 e. The monoisotopic (exact) mass is 339 g/mol. The minimum atomic E-state index is -0.415. The lowest BCUT2D eigenvalue weighted by Crippen LogP contribution is -2.49. The number of carbonyl (C=O) groups excluding carboxylic acids is 2. The van der Waals surface area contributed by atoms with Crippen molar-refractivity contribution in [3.05, 3.63) is 11.1 Å². The molecule has 2 fully saturated rings. The second-order valence-corrected chi connectivity index (χ2v) is 6.49. The summed E-state index contributed by atoms with van der Waals surface area (Å²) in [7, 11) is 0. The smallest absolute Gasteiger partial charge is 0.333 e. The minimum absolute atomic E-state index is 0.207. The van der Waals surface area contributed by atoms with Gasteiger partial charge in [0.05, 0.1) is 13.2 Å². The Bertz CT molecular complexity index is 552. The van der Waals surface area contributed by atoms with E-state index in [-0.39, 0.29) is 12.1 Å². The predicted octanol–water partition coefficient (Wildman–Crippen LogP) is 0.866. The average molecular weight is 339 g/mol. The highest BCUT2D eigenvalue weighted by atomic mass is 32.1. The topological polar surface area (TPSA) is 95.6 Å². The number of nitrogens with one attached hydrogen (secondary N) is 3. The number of carbonyl (C=O) groups is 2. The van der Waals surface area contributed by atoms with Gasteiger partial charge in [-0.2, -0.15) is 0 Å². The first-order chi connectivity index (χ1) is 11.2. The zero-order valence-corrected chi connectivity index (χ0v) is 13.7. The molecule has 1 saturated carbocycles. The van der Waals surface area contributed by atoms with Crippen LogP contribution in [0.3, 0.4) is 0 Å².